The highest BCUT2D eigenvalue weighted by Gasteiger charge is 2.27. The lowest BCUT2D eigenvalue weighted by molar-refractivity contribution is 0.0900. The molecule has 0 bridgehead atoms. The van der Waals surface area contributed by atoms with Crippen LogP contribution >= 0.6 is 11.6 Å². The molecular weight excluding hydrogens is 336 g/mol. The largest absolute Gasteiger partial charge is 0.347 e. The summed E-state index contributed by atoms with van der Waals surface area (Å²) < 4.78 is 1.77. The number of fused-ring (bicyclic) bond motifs is 1. The van der Waals surface area contributed by atoms with Gasteiger partial charge in [0.15, 0.2) is 0 Å². The van der Waals surface area contributed by atoms with Crippen molar-refractivity contribution < 1.29 is 4.79 Å². The number of hydrogen-bond acceptors (Lipinski definition) is 3. The van der Waals surface area contributed by atoms with Crippen molar-refractivity contribution in [1.82, 2.24) is 20.4 Å². The van der Waals surface area contributed by atoms with Crippen LogP contribution in [0, 0.1) is 0 Å². The normalized spacial score (nSPS) is 16.4. The van der Waals surface area contributed by atoms with Gasteiger partial charge in [-0.25, -0.2) is 4.68 Å². The molecular formula is C19H17ClN4O. The van der Waals surface area contributed by atoms with Crippen molar-refractivity contribution in [3.8, 4) is 11.3 Å². The zero-order valence-corrected chi connectivity index (χ0v) is 14.2. The maximum absolute atomic E-state index is 12.2. The average molecular weight is 353 g/mol. The molecule has 2 heterocycles. The van der Waals surface area contributed by atoms with Gasteiger partial charge in [0.1, 0.15) is 11.9 Å². The number of nitrogens with one attached hydrogen (secondary N) is 2. The zero-order chi connectivity index (χ0) is 17.2. The molecule has 1 atom stereocenters. The SMILES string of the molecule is O=C1NC[C@@H](NCc2ccc(Cl)cc2)n2nc(-c3ccccc3)cc21. The summed E-state index contributed by atoms with van der Waals surface area (Å²) in [5.74, 6) is -0.0979. The molecule has 2 aromatic carbocycles. The maximum Gasteiger partial charge on any atom is 0.269 e. The summed E-state index contributed by atoms with van der Waals surface area (Å²) >= 11 is 5.92. The van der Waals surface area contributed by atoms with E-state index in [1.165, 1.54) is 0 Å². The minimum atomic E-state index is -0.0979. The smallest absolute Gasteiger partial charge is 0.269 e. The first-order valence-electron chi connectivity index (χ1n) is 8.12. The minimum absolute atomic E-state index is 0.0964. The van der Waals surface area contributed by atoms with Gasteiger partial charge in [-0.2, -0.15) is 5.10 Å². The number of benzene rings is 2. The third-order valence-electron chi connectivity index (χ3n) is 4.24. The van der Waals surface area contributed by atoms with Crippen LogP contribution in [0.2, 0.25) is 5.02 Å². The van der Waals surface area contributed by atoms with Crippen LogP contribution in [0.4, 0.5) is 0 Å². The summed E-state index contributed by atoms with van der Waals surface area (Å²) in [4.78, 5) is 12.2. The molecule has 0 saturated heterocycles. The predicted octanol–water partition coefficient (Wildman–Crippen LogP) is 3.24. The standard InChI is InChI=1S/C19H17ClN4O/c20-15-8-6-13(7-9-15)11-21-18-12-22-19(25)17-10-16(23-24(17)18)14-4-2-1-3-5-14/h1-10,18,21H,11-12H2,(H,22,25)/t18-/m0/s1. The third-order valence-corrected chi connectivity index (χ3v) is 4.50. The van der Waals surface area contributed by atoms with Gasteiger partial charge in [-0.3, -0.25) is 10.1 Å². The van der Waals surface area contributed by atoms with E-state index in [1.54, 1.807) is 4.68 Å². The van der Waals surface area contributed by atoms with E-state index < -0.39 is 0 Å². The first-order chi connectivity index (χ1) is 12.2. The van der Waals surface area contributed by atoms with E-state index in [-0.39, 0.29) is 12.1 Å². The Labute approximate surface area is 150 Å². The molecule has 0 saturated carbocycles. The summed E-state index contributed by atoms with van der Waals surface area (Å²) in [6, 6.07) is 19.4. The third kappa shape index (κ3) is 3.29. The number of hydrogen-bond donors (Lipinski definition) is 2. The van der Waals surface area contributed by atoms with Crippen molar-refractivity contribution in [2.24, 2.45) is 0 Å². The topological polar surface area (TPSA) is 59.0 Å². The fourth-order valence-electron chi connectivity index (χ4n) is 2.91. The molecule has 0 fully saturated rings. The number of carbonyl (C=O) groups excluding carboxylic acids is 1. The summed E-state index contributed by atoms with van der Waals surface area (Å²) in [6.45, 7) is 1.16. The van der Waals surface area contributed by atoms with Gasteiger partial charge in [0.25, 0.3) is 5.91 Å². The lowest BCUT2D eigenvalue weighted by Crippen LogP contribution is -2.45. The molecule has 1 aromatic heterocycles. The fraction of sp³-hybridized carbons (Fsp3) is 0.158. The van der Waals surface area contributed by atoms with E-state index >= 15 is 0 Å². The second kappa shape index (κ2) is 6.70. The Hall–Kier alpha value is -2.63. The Morgan fingerprint density at radius 2 is 1.92 bits per heavy atom. The Balaban J connectivity index is 1.57. The summed E-state index contributed by atoms with van der Waals surface area (Å²) in [6.07, 6.45) is -0.0964. The van der Waals surface area contributed by atoms with Gasteiger partial charge < -0.3 is 5.32 Å². The molecule has 0 spiro atoms. The van der Waals surface area contributed by atoms with Gasteiger partial charge in [-0.1, -0.05) is 54.1 Å². The number of aromatic nitrogens is 2. The van der Waals surface area contributed by atoms with Crippen LogP contribution in [0.25, 0.3) is 11.3 Å². The minimum Gasteiger partial charge on any atom is -0.347 e. The van der Waals surface area contributed by atoms with Gasteiger partial charge >= 0.3 is 0 Å². The average Bonchev–Trinajstić information content (AvgIpc) is 3.10. The monoisotopic (exact) mass is 352 g/mol. The van der Waals surface area contributed by atoms with Gasteiger partial charge in [-0.05, 0) is 23.8 Å². The van der Waals surface area contributed by atoms with E-state index in [9.17, 15) is 4.79 Å². The Morgan fingerprint density at radius 1 is 1.16 bits per heavy atom. The molecule has 0 aliphatic carbocycles. The first-order valence-corrected chi connectivity index (χ1v) is 8.49. The van der Waals surface area contributed by atoms with E-state index in [0.717, 1.165) is 21.8 Å². The van der Waals surface area contributed by atoms with Crippen molar-refractivity contribution in [2.75, 3.05) is 6.54 Å². The Bertz CT molecular complexity index is 890. The molecule has 6 heteroatoms. The molecule has 0 radical (unpaired) electrons. The van der Waals surface area contributed by atoms with Crippen LogP contribution < -0.4 is 10.6 Å². The number of rotatable bonds is 4. The predicted molar refractivity (Wildman–Crippen MR) is 97.3 cm³/mol. The fourth-order valence-corrected chi connectivity index (χ4v) is 3.04. The number of carbonyl (C=O) groups is 1. The molecule has 4 rings (SSSR count). The van der Waals surface area contributed by atoms with Gasteiger partial charge in [0.2, 0.25) is 0 Å². The molecule has 2 N–H and O–H groups in total. The van der Waals surface area contributed by atoms with E-state index in [0.29, 0.717) is 18.8 Å². The highest BCUT2D eigenvalue weighted by Crippen LogP contribution is 2.22. The van der Waals surface area contributed by atoms with E-state index in [2.05, 4.69) is 15.7 Å². The Kier molecular flexibility index (Phi) is 4.26. The molecule has 1 aliphatic rings. The van der Waals surface area contributed by atoms with Crippen LogP contribution in [0.5, 0.6) is 0 Å². The Morgan fingerprint density at radius 3 is 2.68 bits per heavy atom. The molecule has 25 heavy (non-hydrogen) atoms. The number of amides is 1. The first kappa shape index (κ1) is 15.9. The van der Waals surface area contributed by atoms with E-state index in [4.69, 9.17) is 11.6 Å². The van der Waals surface area contributed by atoms with Gasteiger partial charge in [-0.15, -0.1) is 0 Å². The van der Waals surface area contributed by atoms with Crippen LogP contribution in [-0.4, -0.2) is 22.2 Å². The maximum atomic E-state index is 12.2. The van der Waals surface area contributed by atoms with Gasteiger partial charge in [0.05, 0.1) is 12.2 Å². The van der Waals surface area contributed by atoms with Crippen molar-refractivity contribution in [3.05, 3.63) is 76.9 Å². The lowest BCUT2D eigenvalue weighted by atomic mass is 10.1. The summed E-state index contributed by atoms with van der Waals surface area (Å²) in [7, 11) is 0. The van der Waals surface area contributed by atoms with Crippen LogP contribution in [0.1, 0.15) is 22.2 Å². The second-order valence-electron chi connectivity index (χ2n) is 5.96. The molecule has 1 amide bonds. The van der Waals surface area contributed by atoms with E-state index in [1.807, 2.05) is 60.7 Å². The molecule has 5 nitrogen and oxygen atoms in total. The second-order valence-corrected chi connectivity index (χ2v) is 6.40. The van der Waals surface area contributed by atoms with Crippen molar-refractivity contribution in [2.45, 2.75) is 12.7 Å². The highest BCUT2D eigenvalue weighted by atomic mass is 35.5. The quantitative estimate of drug-likeness (QED) is 0.758. The summed E-state index contributed by atoms with van der Waals surface area (Å²) in [5.41, 5.74) is 3.48. The molecule has 1 aliphatic heterocycles. The van der Waals surface area contributed by atoms with Crippen LogP contribution in [0.15, 0.2) is 60.7 Å². The van der Waals surface area contributed by atoms with Crippen LogP contribution in [0.3, 0.4) is 0 Å². The lowest BCUT2D eigenvalue weighted by Gasteiger charge is -2.25. The molecule has 3 aromatic rings. The highest BCUT2D eigenvalue weighted by molar-refractivity contribution is 6.30. The molecule has 126 valence electrons. The van der Waals surface area contributed by atoms with Gasteiger partial charge in [0, 0.05) is 17.1 Å². The van der Waals surface area contributed by atoms with Crippen molar-refractivity contribution in [3.63, 3.8) is 0 Å². The van der Waals surface area contributed by atoms with Crippen LogP contribution in [-0.2, 0) is 6.54 Å². The van der Waals surface area contributed by atoms with Crippen molar-refractivity contribution >= 4 is 17.5 Å². The summed E-state index contributed by atoms with van der Waals surface area (Å²) in [5, 5.41) is 11.7. The molecule has 0 unspecified atom stereocenters. The zero-order valence-electron chi connectivity index (χ0n) is 13.4. The van der Waals surface area contributed by atoms with Crippen molar-refractivity contribution in [1.29, 1.82) is 0 Å². The number of halogens is 1. The number of nitrogens with zero attached hydrogens (tertiary/aromatic N) is 2.